The summed E-state index contributed by atoms with van der Waals surface area (Å²) in [7, 11) is 0. The number of rotatable bonds is 3. The van der Waals surface area contributed by atoms with Gasteiger partial charge in [-0.3, -0.25) is 4.79 Å². The number of aliphatic carboxylic acids is 1. The summed E-state index contributed by atoms with van der Waals surface area (Å²) in [4.78, 5) is 19.7. The molecule has 0 atom stereocenters. The van der Waals surface area contributed by atoms with E-state index in [-0.39, 0.29) is 0 Å². The van der Waals surface area contributed by atoms with Gasteiger partial charge in [-0.25, -0.2) is 4.98 Å². The van der Waals surface area contributed by atoms with Crippen LogP contribution in [0.25, 0.3) is 10.6 Å². The van der Waals surface area contributed by atoms with Gasteiger partial charge in [0.25, 0.3) is 0 Å². The molecule has 0 saturated heterocycles. The molecule has 0 aliphatic heterocycles. The number of nitrogens with zero attached hydrogens (tertiary/aromatic N) is 1. The topological polar surface area (TPSA) is 66.0 Å². The highest BCUT2D eigenvalue weighted by Crippen LogP contribution is 2.29. The maximum absolute atomic E-state index is 11.2. The summed E-state index contributed by atoms with van der Waals surface area (Å²) in [6, 6.07) is 3.93. The van der Waals surface area contributed by atoms with E-state index >= 15 is 0 Å². The van der Waals surface area contributed by atoms with E-state index in [1.807, 2.05) is 24.4 Å². The molecule has 2 N–H and O–H groups in total. The zero-order valence-corrected chi connectivity index (χ0v) is 10.8. The van der Waals surface area contributed by atoms with E-state index < -0.39 is 11.4 Å². The Kier molecular flexibility index (Phi) is 2.79. The fraction of sp³-hybridized carbons (Fsp3) is 0.333. The summed E-state index contributed by atoms with van der Waals surface area (Å²) in [5.74, 6) is -0.394. The van der Waals surface area contributed by atoms with E-state index in [4.69, 9.17) is 5.11 Å². The van der Waals surface area contributed by atoms with Gasteiger partial charge in [0, 0.05) is 5.69 Å². The molecule has 0 aromatic carbocycles. The van der Waals surface area contributed by atoms with Gasteiger partial charge in [0.1, 0.15) is 16.9 Å². The number of H-pyrrole nitrogens is 1. The number of aryl methyl sites for hydroxylation is 1. The van der Waals surface area contributed by atoms with Crippen molar-refractivity contribution in [3.63, 3.8) is 0 Å². The highest BCUT2D eigenvalue weighted by molar-refractivity contribution is 7.13. The number of aromatic nitrogens is 2. The quantitative estimate of drug-likeness (QED) is 0.880. The van der Waals surface area contributed by atoms with Gasteiger partial charge in [-0.2, -0.15) is 0 Å². The van der Waals surface area contributed by atoms with Crippen LogP contribution in [0.4, 0.5) is 0 Å². The molecular formula is C12H14N2O2S. The molecule has 4 nitrogen and oxygen atoms in total. The minimum atomic E-state index is -1.000. The molecular weight excluding hydrogens is 236 g/mol. The van der Waals surface area contributed by atoms with Crippen LogP contribution in [0.5, 0.6) is 0 Å². The van der Waals surface area contributed by atoms with Crippen LogP contribution in [0.3, 0.4) is 0 Å². The number of aromatic amines is 1. The van der Waals surface area contributed by atoms with Crippen LogP contribution in [-0.2, 0) is 10.2 Å². The Morgan fingerprint density at radius 2 is 2.24 bits per heavy atom. The van der Waals surface area contributed by atoms with Crippen molar-refractivity contribution in [3.8, 4) is 10.6 Å². The molecule has 17 heavy (non-hydrogen) atoms. The number of nitrogens with one attached hydrogen (secondary N) is 1. The van der Waals surface area contributed by atoms with Crippen molar-refractivity contribution >= 4 is 17.3 Å². The van der Waals surface area contributed by atoms with Crippen LogP contribution in [0.1, 0.15) is 25.4 Å². The van der Waals surface area contributed by atoms with Gasteiger partial charge in [-0.15, -0.1) is 11.3 Å². The zero-order valence-electron chi connectivity index (χ0n) is 9.94. The molecule has 0 aliphatic rings. The summed E-state index contributed by atoms with van der Waals surface area (Å²) in [5.41, 5.74) is 0.737. The van der Waals surface area contributed by atoms with Gasteiger partial charge < -0.3 is 10.1 Å². The second kappa shape index (κ2) is 4.00. The molecule has 0 radical (unpaired) electrons. The van der Waals surface area contributed by atoms with Gasteiger partial charge in [0.2, 0.25) is 0 Å². The minimum Gasteiger partial charge on any atom is -0.481 e. The number of hydrogen-bond acceptors (Lipinski definition) is 3. The average Bonchev–Trinajstić information content (AvgIpc) is 2.85. The van der Waals surface area contributed by atoms with E-state index in [2.05, 4.69) is 9.97 Å². The summed E-state index contributed by atoms with van der Waals surface area (Å²) in [6.45, 7) is 5.20. The smallest absolute Gasteiger partial charge is 0.316 e. The zero-order chi connectivity index (χ0) is 12.6. The van der Waals surface area contributed by atoms with E-state index in [0.29, 0.717) is 5.82 Å². The molecule has 0 unspecified atom stereocenters. The molecule has 0 fully saturated rings. The first-order chi connectivity index (χ1) is 7.93. The maximum atomic E-state index is 11.2. The molecule has 2 aromatic heterocycles. The lowest BCUT2D eigenvalue weighted by Gasteiger charge is -2.15. The first-order valence-corrected chi connectivity index (χ1v) is 6.15. The molecule has 0 spiro atoms. The molecule has 0 bridgehead atoms. The third-order valence-electron chi connectivity index (χ3n) is 2.77. The van der Waals surface area contributed by atoms with E-state index in [1.54, 1.807) is 25.2 Å². The van der Waals surface area contributed by atoms with E-state index in [9.17, 15) is 4.79 Å². The molecule has 0 amide bonds. The normalized spacial score (nSPS) is 11.7. The third kappa shape index (κ3) is 1.98. The first kappa shape index (κ1) is 11.9. The van der Waals surface area contributed by atoms with Crippen molar-refractivity contribution in [1.29, 1.82) is 0 Å². The Hall–Kier alpha value is -1.62. The van der Waals surface area contributed by atoms with Gasteiger partial charge in [-0.1, -0.05) is 6.07 Å². The van der Waals surface area contributed by atoms with Gasteiger partial charge in [0.05, 0.1) is 4.88 Å². The van der Waals surface area contributed by atoms with Gasteiger partial charge >= 0.3 is 5.97 Å². The minimum absolute atomic E-state index is 0.492. The fourth-order valence-electron chi connectivity index (χ4n) is 1.51. The third-order valence-corrected chi connectivity index (χ3v) is 3.64. The lowest BCUT2D eigenvalue weighted by Crippen LogP contribution is -2.29. The second-order valence-electron chi connectivity index (χ2n) is 4.47. The number of thiophene rings is 1. The Morgan fingerprint density at radius 3 is 2.76 bits per heavy atom. The molecule has 2 heterocycles. The Morgan fingerprint density at radius 1 is 1.53 bits per heavy atom. The molecule has 2 rings (SSSR count). The summed E-state index contributed by atoms with van der Waals surface area (Å²) in [5, 5.41) is 11.1. The maximum Gasteiger partial charge on any atom is 0.316 e. The van der Waals surface area contributed by atoms with Gasteiger partial charge in [-0.05, 0) is 32.2 Å². The predicted molar refractivity (Wildman–Crippen MR) is 67.3 cm³/mol. The van der Waals surface area contributed by atoms with Crippen molar-refractivity contribution in [2.45, 2.75) is 26.2 Å². The Labute approximate surface area is 103 Å². The second-order valence-corrected chi connectivity index (χ2v) is 5.41. The first-order valence-electron chi connectivity index (χ1n) is 5.27. The summed E-state index contributed by atoms with van der Waals surface area (Å²) >= 11 is 1.59. The average molecular weight is 250 g/mol. The van der Waals surface area contributed by atoms with Crippen molar-refractivity contribution < 1.29 is 9.90 Å². The molecule has 90 valence electrons. The van der Waals surface area contributed by atoms with E-state index in [1.165, 1.54) is 0 Å². The van der Waals surface area contributed by atoms with Crippen molar-refractivity contribution in [2.24, 2.45) is 0 Å². The highest BCUT2D eigenvalue weighted by atomic mass is 32.1. The van der Waals surface area contributed by atoms with Crippen LogP contribution in [-0.4, -0.2) is 21.0 Å². The number of imidazole rings is 1. The Bertz CT molecular complexity index is 541. The van der Waals surface area contributed by atoms with Gasteiger partial charge in [0.15, 0.2) is 0 Å². The monoisotopic (exact) mass is 250 g/mol. The number of carbonyl (C=O) groups is 1. The van der Waals surface area contributed by atoms with Crippen LogP contribution in [0.2, 0.25) is 0 Å². The van der Waals surface area contributed by atoms with Crippen molar-refractivity contribution in [1.82, 2.24) is 9.97 Å². The van der Waals surface area contributed by atoms with Crippen LogP contribution >= 0.6 is 11.3 Å². The highest BCUT2D eigenvalue weighted by Gasteiger charge is 2.33. The van der Waals surface area contributed by atoms with E-state index in [0.717, 1.165) is 16.3 Å². The number of carboxylic acid groups (broad SMARTS) is 1. The summed E-state index contributed by atoms with van der Waals surface area (Å²) in [6.07, 6.45) is 0. The van der Waals surface area contributed by atoms with Crippen LogP contribution in [0.15, 0.2) is 17.5 Å². The number of carboxylic acids is 1. The largest absolute Gasteiger partial charge is 0.481 e. The van der Waals surface area contributed by atoms with Crippen LogP contribution in [0, 0.1) is 6.92 Å². The summed E-state index contributed by atoms with van der Waals surface area (Å²) < 4.78 is 0. The lowest BCUT2D eigenvalue weighted by molar-refractivity contribution is -0.142. The van der Waals surface area contributed by atoms with Crippen molar-refractivity contribution in [2.75, 3.05) is 0 Å². The molecule has 0 aliphatic carbocycles. The Balaban J connectivity index is 2.48. The molecule has 5 heteroatoms. The number of hydrogen-bond donors (Lipinski definition) is 2. The fourth-order valence-corrected chi connectivity index (χ4v) is 2.28. The molecule has 2 aromatic rings. The van der Waals surface area contributed by atoms with Crippen molar-refractivity contribution in [3.05, 3.63) is 29.0 Å². The SMILES string of the molecule is Cc1[nH]c(C(C)(C)C(=O)O)nc1-c1cccs1. The predicted octanol–water partition coefficient (Wildman–Crippen LogP) is 2.81. The standard InChI is InChI=1S/C12H14N2O2S/c1-7-9(8-5-4-6-17-8)14-10(13-7)12(2,3)11(15)16/h4-6H,1-3H3,(H,13,14)(H,15,16). The van der Waals surface area contributed by atoms with Crippen LogP contribution < -0.4 is 0 Å². The molecule has 0 saturated carbocycles. The lowest BCUT2D eigenvalue weighted by atomic mass is 9.93.